The van der Waals surface area contributed by atoms with Crippen LogP contribution in [0, 0.1) is 13.8 Å². The smallest absolute Gasteiger partial charge is 0.323 e. The van der Waals surface area contributed by atoms with E-state index >= 15 is 0 Å². The Balaban J connectivity index is 2.37. The zero-order valence-corrected chi connectivity index (χ0v) is 10.9. The Morgan fingerprint density at radius 3 is 2.53 bits per heavy atom. The van der Waals surface area contributed by atoms with Crippen molar-refractivity contribution in [2.75, 3.05) is 6.54 Å². The summed E-state index contributed by atoms with van der Waals surface area (Å²) in [5, 5.41) is 8.86. The molecule has 19 heavy (non-hydrogen) atoms. The van der Waals surface area contributed by atoms with Gasteiger partial charge in [0.1, 0.15) is 12.1 Å². The maximum atomic E-state index is 12.4. The lowest BCUT2D eigenvalue weighted by molar-refractivity contribution is -0.137. The van der Waals surface area contributed by atoms with Gasteiger partial charge in [-0.3, -0.25) is 14.4 Å². The van der Waals surface area contributed by atoms with E-state index in [1.54, 1.807) is 19.9 Å². The van der Waals surface area contributed by atoms with E-state index < -0.39 is 17.4 Å². The molecule has 1 aromatic rings. The van der Waals surface area contributed by atoms with Crippen molar-refractivity contribution in [3.05, 3.63) is 33.2 Å². The standard InChI is InChI=1S/C13H16N2O4/c1-7-5-8(2)14-12(18)11(7)13(19)15(6-10(16)17)9-3-4-9/h5,9H,3-4,6H2,1-2H3,(H,14,18)(H,16,17). The van der Waals surface area contributed by atoms with E-state index in [-0.39, 0.29) is 18.2 Å². The summed E-state index contributed by atoms with van der Waals surface area (Å²) in [5.74, 6) is -1.56. The summed E-state index contributed by atoms with van der Waals surface area (Å²) < 4.78 is 0. The van der Waals surface area contributed by atoms with Crippen LogP contribution >= 0.6 is 0 Å². The molecule has 6 heteroatoms. The fourth-order valence-corrected chi connectivity index (χ4v) is 2.16. The summed E-state index contributed by atoms with van der Waals surface area (Å²) in [5.41, 5.74) is 0.829. The normalized spacial score (nSPS) is 14.2. The van der Waals surface area contributed by atoms with Crippen LogP contribution in [-0.2, 0) is 4.79 Å². The maximum absolute atomic E-state index is 12.4. The SMILES string of the molecule is Cc1cc(C)c(C(=O)N(CC(=O)O)C2CC2)c(=O)[nH]1. The van der Waals surface area contributed by atoms with Crippen LogP contribution in [0.3, 0.4) is 0 Å². The number of carboxylic acids is 1. The molecule has 0 radical (unpaired) electrons. The Hall–Kier alpha value is -2.11. The third-order valence-electron chi connectivity index (χ3n) is 3.13. The Morgan fingerprint density at radius 1 is 1.42 bits per heavy atom. The van der Waals surface area contributed by atoms with Crippen LogP contribution < -0.4 is 5.56 Å². The number of rotatable bonds is 4. The number of pyridine rings is 1. The highest BCUT2D eigenvalue weighted by atomic mass is 16.4. The van der Waals surface area contributed by atoms with E-state index in [1.807, 2.05) is 0 Å². The Labute approximate surface area is 110 Å². The van der Waals surface area contributed by atoms with Crippen LogP contribution in [0.2, 0.25) is 0 Å². The first-order valence-corrected chi connectivity index (χ1v) is 6.13. The molecule has 0 saturated heterocycles. The lowest BCUT2D eigenvalue weighted by atomic mass is 10.1. The zero-order valence-electron chi connectivity index (χ0n) is 10.9. The van der Waals surface area contributed by atoms with Crippen molar-refractivity contribution in [3.63, 3.8) is 0 Å². The van der Waals surface area contributed by atoms with Gasteiger partial charge in [-0.25, -0.2) is 0 Å². The predicted octanol–water partition coefficient (Wildman–Crippen LogP) is 0.681. The molecule has 0 aromatic carbocycles. The van der Waals surface area contributed by atoms with Crippen LogP contribution in [0.15, 0.2) is 10.9 Å². The highest BCUT2D eigenvalue weighted by Crippen LogP contribution is 2.28. The molecular formula is C13H16N2O4. The minimum Gasteiger partial charge on any atom is -0.480 e. The molecule has 1 amide bonds. The molecule has 1 heterocycles. The number of aliphatic carboxylic acids is 1. The number of carbonyl (C=O) groups is 2. The molecule has 1 aliphatic rings. The number of amides is 1. The van der Waals surface area contributed by atoms with Crippen molar-refractivity contribution >= 4 is 11.9 Å². The molecule has 1 fully saturated rings. The van der Waals surface area contributed by atoms with E-state index in [2.05, 4.69) is 4.98 Å². The first-order valence-electron chi connectivity index (χ1n) is 6.13. The second kappa shape index (κ2) is 4.87. The summed E-state index contributed by atoms with van der Waals surface area (Å²) in [4.78, 5) is 38.9. The third-order valence-corrected chi connectivity index (χ3v) is 3.13. The molecule has 0 unspecified atom stereocenters. The van der Waals surface area contributed by atoms with Gasteiger partial charge in [-0.05, 0) is 38.3 Å². The highest BCUT2D eigenvalue weighted by Gasteiger charge is 2.35. The van der Waals surface area contributed by atoms with E-state index in [0.717, 1.165) is 12.8 Å². The summed E-state index contributed by atoms with van der Waals surface area (Å²) in [7, 11) is 0. The monoisotopic (exact) mass is 264 g/mol. The first-order chi connectivity index (χ1) is 8.90. The second-order valence-corrected chi connectivity index (χ2v) is 4.90. The molecular weight excluding hydrogens is 248 g/mol. The molecule has 2 rings (SSSR count). The maximum Gasteiger partial charge on any atom is 0.323 e. The van der Waals surface area contributed by atoms with Gasteiger partial charge in [0.15, 0.2) is 0 Å². The van der Waals surface area contributed by atoms with Gasteiger partial charge in [0, 0.05) is 11.7 Å². The minimum absolute atomic E-state index is 0.0405. The van der Waals surface area contributed by atoms with Gasteiger partial charge < -0.3 is 15.0 Å². The number of nitrogens with zero attached hydrogens (tertiary/aromatic N) is 1. The number of hydrogen-bond donors (Lipinski definition) is 2. The van der Waals surface area contributed by atoms with Crippen LogP contribution in [0.1, 0.15) is 34.5 Å². The number of hydrogen-bond acceptors (Lipinski definition) is 3. The van der Waals surface area contributed by atoms with Crippen molar-refractivity contribution in [2.24, 2.45) is 0 Å². The second-order valence-electron chi connectivity index (χ2n) is 4.90. The van der Waals surface area contributed by atoms with E-state index in [9.17, 15) is 14.4 Å². The topological polar surface area (TPSA) is 90.5 Å². The van der Waals surface area contributed by atoms with Gasteiger partial charge in [-0.15, -0.1) is 0 Å². The Bertz CT molecular complexity index is 587. The summed E-state index contributed by atoms with van der Waals surface area (Å²) in [6, 6.07) is 1.66. The number of carboxylic acid groups (broad SMARTS) is 1. The molecule has 2 N–H and O–H groups in total. The number of aromatic amines is 1. The highest BCUT2D eigenvalue weighted by molar-refractivity contribution is 5.97. The molecule has 1 aliphatic carbocycles. The summed E-state index contributed by atoms with van der Waals surface area (Å²) in [6.07, 6.45) is 1.59. The predicted molar refractivity (Wildman–Crippen MR) is 68.2 cm³/mol. The van der Waals surface area contributed by atoms with Gasteiger partial charge in [0.2, 0.25) is 0 Å². The largest absolute Gasteiger partial charge is 0.480 e. The Kier molecular flexibility index (Phi) is 3.42. The van der Waals surface area contributed by atoms with Gasteiger partial charge in [-0.1, -0.05) is 0 Å². The number of carbonyl (C=O) groups excluding carboxylic acids is 1. The number of H-pyrrole nitrogens is 1. The summed E-state index contributed by atoms with van der Waals surface area (Å²) in [6.45, 7) is 3.05. The lowest BCUT2D eigenvalue weighted by Gasteiger charge is -2.20. The minimum atomic E-state index is -1.07. The lowest BCUT2D eigenvalue weighted by Crippen LogP contribution is -2.40. The van der Waals surface area contributed by atoms with Gasteiger partial charge >= 0.3 is 5.97 Å². The van der Waals surface area contributed by atoms with Gasteiger partial charge in [0.25, 0.3) is 11.5 Å². The van der Waals surface area contributed by atoms with Crippen LogP contribution in [0.5, 0.6) is 0 Å². The van der Waals surface area contributed by atoms with Crippen molar-refractivity contribution in [3.8, 4) is 0 Å². The molecule has 6 nitrogen and oxygen atoms in total. The molecule has 0 aliphatic heterocycles. The van der Waals surface area contributed by atoms with Crippen molar-refractivity contribution < 1.29 is 14.7 Å². The Morgan fingerprint density at radius 2 is 2.05 bits per heavy atom. The third kappa shape index (κ3) is 2.83. The average molecular weight is 264 g/mol. The van der Waals surface area contributed by atoms with Crippen molar-refractivity contribution in [1.29, 1.82) is 0 Å². The molecule has 0 atom stereocenters. The molecule has 1 aromatic heterocycles. The zero-order chi connectivity index (χ0) is 14.2. The van der Waals surface area contributed by atoms with Crippen LogP contribution in [0.25, 0.3) is 0 Å². The van der Waals surface area contributed by atoms with E-state index in [1.165, 1.54) is 4.90 Å². The van der Waals surface area contributed by atoms with Crippen molar-refractivity contribution in [2.45, 2.75) is 32.7 Å². The first kappa shape index (κ1) is 13.3. The van der Waals surface area contributed by atoms with Gasteiger partial charge in [-0.2, -0.15) is 0 Å². The molecule has 102 valence electrons. The fourth-order valence-electron chi connectivity index (χ4n) is 2.16. The van der Waals surface area contributed by atoms with E-state index in [4.69, 9.17) is 5.11 Å². The molecule has 1 saturated carbocycles. The molecule has 0 bridgehead atoms. The summed E-state index contributed by atoms with van der Waals surface area (Å²) >= 11 is 0. The average Bonchev–Trinajstić information content (AvgIpc) is 3.07. The number of nitrogens with one attached hydrogen (secondary N) is 1. The quantitative estimate of drug-likeness (QED) is 0.836. The van der Waals surface area contributed by atoms with Crippen LogP contribution in [0.4, 0.5) is 0 Å². The van der Waals surface area contributed by atoms with Crippen LogP contribution in [-0.4, -0.2) is 39.5 Å². The number of aryl methyl sites for hydroxylation is 2. The van der Waals surface area contributed by atoms with Crippen molar-refractivity contribution in [1.82, 2.24) is 9.88 Å². The fraction of sp³-hybridized carbons (Fsp3) is 0.462. The molecule has 0 spiro atoms. The van der Waals surface area contributed by atoms with E-state index in [0.29, 0.717) is 11.3 Å². The number of aromatic nitrogens is 1. The van der Waals surface area contributed by atoms with Gasteiger partial charge in [0.05, 0.1) is 0 Å².